The lowest BCUT2D eigenvalue weighted by molar-refractivity contribution is -0.133. The van der Waals surface area contributed by atoms with Gasteiger partial charge in [-0.2, -0.15) is 0 Å². The fourth-order valence-corrected chi connectivity index (χ4v) is 3.68. The van der Waals surface area contributed by atoms with Crippen molar-refractivity contribution < 1.29 is 9.53 Å². The number of halogens is 1. The van der Waals surface area contributed by atoms with E-state index in [1.807, 2.05) is 36.1 Å². The molecule has 1 amide bonds. The van der Waals surface area contributed by atoms with E-state index in [1.165, 1.54) is 6.33 Å². The molecule has 1 aromatic heterocycles. The van der Waals surface area contributed by atoms with E-state index in [2.05, 4.69) is 28.7 Å². The van der Waals surface area contributed by atoms with Crippen LogP contribution in [0.2, 0.25) is 5.02 Å². The molecule has 1 unspecified atom stereocenters. The number of ether oxygens (including phenoxy) is 1. The number of benzene rings is 1. The van der Waals surface area contributed by atoms with Gasteiger partial charge in [0.1, 0.15) is 17.9 Å². The van der Waals surface area contributed by atoms with Gasteiger partial charge in [-0.05, 0) is 44.0 Å². The first-order valence-corrected chi connectivity index (χ1v) is 10.7. The molecule has 0 aliphatic carbocycles. The van der Waals surface area contributed by atoms with Crippen LogP contribution >= 0.6 is 11.6 Å². The number of hydrogen-bond acceptors (Lipinski definition) is 5. The van der Waals surface area contributed by atoms with Crippen molar-refractivity contribution >= 4 is 23.3 Å². The predicted octanol–water partition coefficient (Wildman–Crippen LogP) is 4.85. The Hall–Kier alpha value is -2.34. The maximum atomic E-state index is 12.5. The number of nitrogens with zero attached hydrogens (tertiary/aromatic N) is 4. The number of carbonyl (C=O) groups is 1. The van der Waals surface area contributed by atoms with Crippen LogP contribution in [0.15, 0.2) is 30.6 Å². The lowest BCUT2D eigenvalue weighted by Gasteiger charge is -2.40. The molecule has 1 fully saturated rings. The van der Waals surface area contributed by atoms with Crippen LogP contribution in [-0.4, -0.2) is 46.5 Å². The Bertz CT molecular complexity index is 845. The minimum absolute atomic E-state index is 0.149. The van der Waals surface area contributed by atoms with Gasteiger partial charge in [0.05, 0.1) is 0 Å². The van der Waals surface area contributed by atoms with E-state index in [1.54, 1.807) is 0 Å². The van der Waals surface area contributed by atoms with Crippen molar-refractivity contribution in [2.45, 2.75) is 52.5 Å². The topological polar surface area (TPSA) is 58.6 Å². The zero-order valence-corrected chi connectivity index (χ0v) is 18.2. The van der Waals surface area contributed by atoms with Crippen molar-refractivity contribution in [3.8, 4) is 11.6 Å². The molecule has 2 aromatic rings. The SMILES string of the molecule is CCCCCC(=O)N1CCN(c2cc(Oc3ccc(Cl)c(C)c3)ncn2)CC1C. The Morgan fingerprint density at radius 3 is 2.79 bits per heavy atom. The second kappa shape index (κ2) is 9.92. The van der Waals surface area contributed by atoms with Crippen LogP contribution in [0.5, 0.6) is 11.6 Å². The van der Waals surface area contributed by atoms with E-state index < -0.39 is 0 Å². The molecule has 0 spiro atoms. The van der Waals surface area contributed by atoms with Crippen molar-refractivity contribution in [2.75, 3.05) is 24.5 Å². The molecule has 0 N–H and O–H groups in total. The van der Waals surface area contributed by atoms with Gasteiger partial charge in [-0.15, -0.1) is 0 Å². The molecule has 29 heavy (non-hydrogen) atoms. The molecule has 0 bridgehead atoms. The van der Waals surface area contributed by atoms with Gasteiger partial charge in [0.25, 0.3) is 0 Å². The van der Waals surface area contributed by atoms with Gasteiger partial charge in [-0.1, -0.05) is 31.4 Å². The molecule has 6 nitrogen and oxygen atoms in total. The van der Waals surface area contributed by atoms with Gasteiger partial charge in [0.15, 0.2) is 0 Å². The molecule has 0 saturated carbocycles. The summed E-state index contributed by atoms with van der Waals surface area (Å²) in [5, 5.41) is 0.705. The third-order valence-corrected chi connectivity index (χ3v) is 5.67. The summed E-state index contributed by atoms with van der Waals surface area (Å²) in [5.41, 5.74) is 0.951. The van der Waals surface area contributed by atoms with E-state index in [0.717, 1.165) is 43.7 Å². The zero-order valence-electron chi connectivity index (χ0n) is 17.4. The maximum Gasteiger partial charge on any atom is 0.224 e. The molecule has 1 atom stereocenters. The second-order valence-electron chi connectivity index (χ2n) is 7.57. The molecule has 1 aliphatic rings. The van der Waals surface area contributed by atoms with Gasteiger partial charge in [-0.25, -0.2) is 9.97 Å². The lowest BCUT2D eigenvalue weighted by Crippen LogP contribution is -2.54. The molecule has 156 valence electrons. The van der Waals surface area contributed by atoms with Crippen LogP contribution in [0, 0.1) is 6.92 Å². The normalized spacial score (nSPS) is 16.8. The highest BCUT2D eigenvalue weighted by Crippen LogP contribution is 2.27. The molecule has 0 radical (unpaired) electrons. The van der Waals surface area contributed by atoms with Crippen LogP contribution in [0.4, 0.5) is 5.82 Å². The Morgan fingerprint density at radius 2 is 2.07 bits per heavy atom. The summed E-state index contributed by atoms with van der Waals surface area (Å²) in [7, 11) is 0. The minimum atomic E-state index is 0.149. The molecule has 3 rings (SSSR count). The standard InChI is InChI=1S/C22H29ClN4O2/c1-4-5-6-7-22(28)27-11-10-26(14-17(27)3)20-13-21(25-15-24-20)29-18-8-9-19(23)16(2)12-18/h8-9,12-13,15,17H,4-7,10-11,14H2,1-3H3. The summed E-state index contributed by atoms with van der Waals surface area (Å²) >= 11 is 6.08. The average Bonchev–Trinajstić information content (AvgIpc) is 2.71. The van der Waals surface area contributed by atoms with Gasteiger partial charge in [-0.3, -0.25) is 4.79 Å². The maximum absolute atomic E-state index is 12.5. The van der Waals surface area contributed by atoms with E-state index in [9.17, 15) is 4.79 Å². The van der Waals surface area contributed by atoms with Crippen molar-refractivity contribution in [3.63, 3.8) is 0 Å². The van der Waals surface area contributed by atoms with Gasteiger partial charge >= 0.3 is 0 Å². The van der Waals surface area contributed by atoms with Gasteiger partial charge in [0, 0.05) is 43.2 Å². The summed E-state index contributed by atoms with van der Waals surface area (Å²) in [6.07, 6.45) is 5.37. The number of rotatable bonds is 7. The summed E-state index contributed by atoms with van der Waals surface area (Å²) in [6, 6.07) is 7.51. The molecule has 2 heterocycles. The summed E-state index contributed by atoms with van der Waals surface area (Å²) in [4.78, 5) is 25.3. The number of hydrogen-bond donors (Lipinski definition) is 0. The molecule has 1 saturated heterocycles. The van der Waals surface area contributed by atoms with E-state index in [0.29, 0.717) is 29.6 Å². The fourth-order valence-electron chi connectivity index (χ4n) is 3.57. The third-order valence-electron chi connectivity index (χ3n) is 5.25. The largest absolute Gasteiger partial charge is 0.439 e. The first-order valence-electron chi connectivity index (χ1n) is 10.3. The number of carbonyl (C=O) groups excluding carboxylic acids is 1. The van der Waals surface area contributed by atoms with Crippen molar-refractivity contribution in [1.29, 1.82) is 0 Å². The Kier molecular flexibility index (Phi) is 7.31. The van der Waals surface area contributed by atoms with Crippen molar-refractivity contribution in [3.05, 3.63) is 41.2 Å². The van der Waals surface area contributed by atoms with E-state index >= 15 is 0 Å². The zero-order chi connectivity index (χ0) is 20.8. The van der Waals surface area contributed by atoms with Gasteiger partial charge < -0.3 is 14.5 Å². The van der Waals surface area contributed by atoms with E-state index in [-0.39, 0.29) is 11.9 Å². The Balaban J connectivity index is 1.62. The number of anilines is 1. The van der Waals surface area contributed by atoms with Crippen LogP contribution < -0.4 is 9.64 Å². The predicted molar refractivity (Wildman–Crippen MR) is 116 cm³/mol. The summed E-state index contributed by atoms with van der Waals surface area (Å²) < 4.78 is 5.89. The lowest BCUT2D eigenvalue weighted by atomic mass is 10.1. The third kappa shape index (κ3) is 5.60. The monoisotopic (exact) mass is 416 g/mol. The summed E-state index contributed by atoms with van der Waals surface area (Å²) in [5.74, 6) is 2.25. The highest BCUT2D eigenvalue weighted by molar-refractivity contribution is 6.31. The molecular weight excluding hydrogens is 388 g/mol. The number of aromatic nitrogens is 2. The fraction of sp³-hybridized carbons (Fsp3) is 0.500. The molecular formula is C22H29ClN4O2. The number of piperazine rings is 1. The second-order valence-corrected chi connectivity index (χ2v) is 7.97. The van der Waals surface area contributed by atoms with Crippen molar-refractivity contribution in [2.24, 2.45) is 0 Å². The van der Waals surface area contributed by atoms with Crippen LogP contribution in [-0.2, 0) is 4.79 Å². The molecule has 1 aromatic carbocycles. The Labute approximate surface area is 177 Å². The molecule has 7 heteroatoms. The van der Waals surface area contributed by atoms with Crippen LogP contribution in [0.3, 0.4) is 0 Å². The quantitative estimate of drug-likeness (QED) is 0.604. The van der Waals surface area contributed by atoms with Crippen LogP contribution in [0.1, 0.15) is 45.1 Å². The first kappa shape index (κ1) is 21.4. The van der Waals surface area contributed by atoms with Crippen molar-refractivity contribution in [1.82, 2.24) is 14.9 Å². The minimum Gasteiger partial charge on any atom is -0.439 e. The summed E-state index contributed by atoms with van der Waals surface area (Å²) in [6.45, 7) is 8.39. The Morgan fingerprint density at radius 1 is 1.24 bits per heavy atom. The van der Waals surface area contributed by atoms with Gasteiger partial charge in [0.2, 0.25) is 11.8 Å². The van der Waals surface area contributed by atoms with Crippen LogP contribution in [0.25, 0.3) is 0 Å². The number of aryl methyl sites for hydroxylation is 1. The van der Waals surface area contributed by atoms with E-state index in [4.69, 9.17) is 16.3 Å². The highest BCUT2D eigenvalue weighted by atomic mass is 35.5. The first-order chi connectivity index (χ1) is 14.0. The smallest absolute Gasteiger partial charge is 0.224 e. The number of amides is 1. The average molecular weight is 417 g/mol. The highest BCUT2D eigenvalue weighted by Gasteiger charge is 2.27. The number of unbranched alkanes of at least 4 members (excludes halogenated alkanes) is 2. The molecule has 1 aliphatic heterocycles.